The number of sulfonamides is 1. The third kappa shape index (κ3) is 4.55. The molecular weight excluding hydrogens is 292 g/mol. The smallest absolute Gasteiger partial charge is 0.318 e. The van der Waals surface area contributed by atoms with Gasteiger partial charge in [0.05, 0.1) is 17.4 Å². The number of carbonyl (C=O) groups is 1. The Hall–Kier alpha value is -1.91. The van der Waals surface area contributed by atoms with Crippen LogP contribution < -0.4 is 0 Å². The van der Waals surface area contributed by atoms with Crippen molar-refractivity contribution in [2.24, 2.45) is 0 Å². The van der Waals surface area contributed by atoms with Gasteiger partial charge < -0.3 is 5.11 Å². The summed E-state index contributed by atoms with van der Waals surface area (Å²) in [5, 5.41) is 17.9. The Balaban J connectivity index is 3.12. The second kappa shape index (κ2) is 7.20. The van der Waals surface area contributed by atoms with Gasteiger partial charge in [0, 0.05) is 6.04 Å². The van der Waals surface area contributed by atoms with Gasteiger partial charge in [-0.2, -0.15) is 9.57 Å². The zero-order valence-corrected chi connectivity index (χ0v) is 12.8. The summed E-state index contributed by atoms with van der Waals surface area (Å²) in [5.41, 5.74) is 0.652. The van der Waals surface area contributed by atoms with Crippen LogP contribution in [0.15, 0.2) is 24.3 Å². The fraction of sp³-hybridized carbons (Fsp3) is 0.429. The normalized spacial score (nSPS) is 12.9. The molecule has 0 aliphatic rings. The lowest BCUT2D eigenvalue weighted by Crippen LogP contribution is -2.42. The van der Waals surface area contributed by atoms with Gasteiger partial charge in [-0.05, 0) is 25.0 Å². The largest absolute Gasteiger partial charge is 0.480 e. The lowest BCUT2D eigenvalue weighted by Gasteiger charge is -2.26. The van der Waals surface area contributed by atoms with Crippen LogP contribution in [0.4, 0.5) is 0 Å². The summed E-state index contributed by atoms with van der Waals surface area (Å²) in [5.74, 6) is -1.58. The molecule has 0 saturated carbocycles. The van der Waals surface area contributed by atoms with Crippen molar-refractivity contribution in [3.63, 3.8) is 0 Å². The molecule has 0 aromatic heterocycles. The van der Waals surface area contributed by atoms with Crippen molar-refractivity contribution in [3.8, 4) is 6.07 Å². The third-order valence-electron chi connectivity index (χ3n) is 3.21. The quantitative estimate of drug-likeness (QED) is 0.824. The Morgan fingerprint density at radius 2 is 2.05 bits per heavy atom. The maximum absolute atomic E-state index is 12.5. The molecule has 114 valence electrons. The first-order chi connectivity index (χ1) is 9.81. The third-order valence-corrected chi connectivity index (χ3v) is 5.09. The second-order valence-electron chi connectivity index (χ2n) is 4.72. The van der Waals surface area contributed by atoms with Gasteiger partial charge in [0.1, 0.15) is 6.54 Å². The molecule has 1 atom stereocenters. The highest BCUT2D eigenvalue weighted by Crippen LogP contribution is 2.18. The first-order valence-corrected chi connectivity index (χ1v) is 8.12. The van der Waals surface area contributed by atoms with E-state index in [2.05, 4.69) is 0 Å². The number of aliphatic carboxylic acids is 1. The molecule has 1 rings (SSSR count). The number of hydrogen-bond donors (Lipinski definition) is 1. The van der Waals surface area contributed by atoms with Gasteiger partial charge in [-0.15, -0.1) is 0 Å². The molecule has 1 aromatic rings. The SMILES string of the molecule is CCC(C)N(CC(=O)O)S(=O)(=O)Cc1ccccc1C#N. The van der Waals surface area contributed by atoms with Gasteiger partial charge in [0.2, 0.25) is 10.0 Å². The molecule has 0 spiro atoms. The molecule has 1 aromatic carbocycles. The molecule has 0 radical (unpaired) electrons. The summed E-state index contributed by atoms with van der Waals surface area (Å²) in [4.78, 5) is 10.9. The Morgan fingerprint density at radius 3 is 2.57 bits per heavy atom. The van der Waals surface area contributed by atoms with Crippen LogP contribution in [0.25, 0.3) is 0 Å². The molecule has 0 fully saturated rings. The molecule has 21 heavy (non-hydrogen) atoms. The van der Waals surface area contributed by atoms with Gasteiger partial charge >= 0.3 is 5.97 Å². The van der Waals surface area contributed by atoms with Gasteiger partial charge in [-0.3, -0.25) is 4.79 Å². The average molecular weight is 310 g/mol. The molecule has 1 N–H and O–H groups in total. The van der Waals surface area contributed by atoms with E-state index in [1.165, 1.54) is 6.07 Å². The number of benzene rings is 1. The summed E-state index contributed by atoms with van der Waals surface area (Å²) in [6.07, 6.45) is 0.506. The molecule has 0 saturated heterocycles. The van der Waals surface area contributed by atoms with Crippen LogP contribution in [0.3, 0.4) is 0 Å². The molecular formula is C14H18N2O4S. The van der Waals surface area contributed by atoms with E-state index in [1.54, 1.807) is 32.0 Å². The summed E-state index contributed by atoms with van der Waals surface area (Å²) in [6, 6.07) is 7.92. The summed E-state index contributed by atoms with van der Waals surface area (Å²) in [7, 11) is -3.81. The predicted molar refractivity (Wildman–Crippen MR) is 77.9 cm³/mol. The Morgan fingerprint density at radius 1 is 1.43 bits per heavy atom. The van der Waals surface area contributed by atoms with E-state index in [-0.39, 0.29) is 11.3 Å². The Labute approximate surface area is 124 Å². The number of rotatable bonds is 7. The van der Waals surface area contributed by atoms with Crippen LogP contribution in [-0.2, 0) is 20.6 Å². The predicted octanol–water partition coefficient (Wildman–Crippen LogP) is 1.57. The number of hydrogen-bond acceptors (Lipinski definition) is 4. The van der Waals surface area contributed by atoms with Gasteiger partial charge in [0.15, 0.2) is 0 Å². The zero-order valence-electron chi connectivity index (χ0n) is 12.0. The number of carboxylic acid groups (broad SMARTS) is 1. The topological polar surface area (TPSA) is 98.5 Å². The lowest BCUT2D eigenvalue weighted by molar-refractivity contribution is -0.137. The fourth-order valence-corrected chi connectivity index (χ4v) is 3.72. The van der Waals surface area contributed by atoms with E-state index >= 15 is 0 Å². The Kier molecular flexibility index (Phi) is 5.88. The number of nitriles is 1. The van der Waals surface area contributed by atoms with Crippen molar-refractivity contribution in [2.75, 3.05) is 6.54 Å². The van der Waals surface area contributed by atoms with Crippen molar-refractivity contribution >= 4 is 16.0 Å². The van der Waals surface area contributed by atoms with Crippen molar-refractivity contribution in [3.05, 3.63) is 35.4 Å². The molecule has 6 nitrogen and oxygen atoms in total. The van der Waals surface area contributed by atoms with Crippen molar-refractivity contribution in [2.45, 2.75) is 32.1 Å². The number of nitrogens with zero attached hydrogens (tertiary/aromatic N) is 2. The van der Waals surface area contributed by atoms with Crippen LogP contribution in [-0.4, -0.2) is 36.4 Å². The lowest BCUT2D eigenvalue weighted by atomic mass is 10.1. The van der Waals surface area contributed by atoms with Crippen molar-refractivity contribution < 1.29 is 18.3 Å². The van der Waals surface area contributed by atoms with E-state index in [0.29, 0.717) is 12.0 Å². The zero-order chi connectivity index (χ0) is 16.0. The maximum atomic E-state index is 12.5. The summed E-state index contributed by atoms with van der Waals surface area (Å²) >= 11 is 0. The molecule has 0 heterocycles. The summed E-state index contributed by atoms with van der Waals surface area (Å²) < 4.78 is 25.9. The second-order valence-corrected chi connectivity index (χ2v) is 6.64. The van der Waals surface area contributed by atoms with E-state index in [1.807, 2.05) is 6.07 Å². The minimum atomic E-state index is -3.81. The monoisotopic (exact) mass is 310 g/mol. The van der Waals surface area contributed by atoms with Crippen LogP contribution in [0.2, 0.25) is 0 Å². The van der Waals surface area contributed by atoms with E-state index < -0.39 is 28.6 Å². The Bertz CT molecular complexity index is 649. The van der Waals surface area contributed by atoms with Gasteiger partial charge in [-0.1, -0.05) is 25.1 Å². The first-order valence-electron chi connectivity index (χ1n) is 6.51. The molecule has 0 aliphatic carbocycles. The van der Waals surface area contributed by atoms with Crippen LogP contribution >= 0.6 is 0 Å². The van der Waals surface area contributed by atoms with Gasteiger partial charge in [-0.25, -0.2) is 8.42 Å². The van der Waals surface area contributed by atoms with Crippen molar-refractivity contribution in [1.29, 1.82) is 5.26 Å². The maximum Gasteiger partial charge on any atom is 0.318 e. The van der Waals surface area contributed by atoms with Crippen LogP contribution in [0, 0.1) is 11.3 Å². The standard InChI is InChI=1S/C14H18N2O4S/c1-3-11(2)16(9-14(17)18)21(19,20)10-13-7-5-4-6-12(13)8-15/h4-7,11H,3,9-10H2,1-2H3,(H,17,18). The van der Waals surface area contributed by atoms with Crippen LogP contribution in [0.5, 0.6) is 0 Å². The summed E-state index contributed by atoms with van der Waals surface area (Å²) in [6.45, 7) is 2.88. The first kappa shape index (κ1) is 17.1. The number of carboxylic acids is 1. The van der Waals surface area contributed by atoms with E-state index in [0.717, 1.165) is 4.31 Å². The highest BCUT2D eigenvalue weighted by molar-refractivity contribution is 7.88. The van der Waals surface area contributed by atoms with E-state index in [4.69, 9.17) is 10.4 Å². The molecule has 1 unspecified atom stereocenters. The van der Waals surface area contributed by atoms with E-state index in [9.17, 15) is 13.2 Å². The molecule has 0 bridgehead atoms. The molecule has 0 amide bonds. The molecule has 7 heteroatoms. The average Bonchev–Trinajstić information content (AvgIpc) is 2.43. The fourth-order valence-electron chi connectivity index (χ4n) is 1.90. The molecule has 0 aliphatic heterocycles. The minimum absolute atomic E-state index is 0.278. The van der Waals surface area contributed by atoms with Crippen LogP contribution in [0.1, 0.15) is 31.4 Å². The minimum Gasteiger partial charge on any atom is -0.480 e. The highest BCUT2D eigenvalue weighted by Gasteiger charge is 2.29. The van der Waals surface area contributed by atoms with Crippen molar-refractivity contribution in [1.82, 2.24) is 4.31 Å². The highest BCUT2D eigenvalue weighted by atomic mass is 32.2. The van der Waals surface area contributed by atoms with Gasteiger partial charge in [0.25, 0.3) is 0 Å².